The molecule has 0 aromatic carbocycles. The second-order valence-electron chi connectivity index (χ2n) is 4.35. The molecule has 4 nitrogen and oxygen atoms in total. The molecule has 0 bridgehead atoms. The molecule has 0 aliphatic carbocycles. The van der Waals surface area contributed by atoms with Crippen molar-refractivity contribution in [2.24, 2.45) is 0 Å². The van der Waals surface area contributed by atoms with Gasteiger partial charge in [0.05, 0.1) is 5.69 Å². The van der Waals surface area contributed by atoms with Crippen molar-refractivity contribution in [2.75, 3.05) is 13.1 Å². The molecule has 1 unspecified atom stereocenters. The fourth-order valence-electron chi connectivity index (χ4n) is 2.08. The van der Waals surface area contributed by atoms with Crippen molar-refractivity contribution in [1.82, 2.24) is 20.6 Å². The van der Waals surface area contributed by atoms with Gasteiger partial charge in [-0.15, -0.1) is 0 Å². The van der Waals surface area contributed by atoms with E-state index in [0.29, 0.717) is 6.04 Å². The van der Waals surface area contributed by atoms with E-state index in [1.54, 1.807) is 0 Å². The highest BCUT2D eigenvalue weighted by atomic mass is 15.0. The second kappa shape index (κ2) is 5.92. The van der Waals surface area contributed by atoms with Crippen LogP contribution < -0.4 is 10.6 Å². The van der Waals surface area contributed by atoms with Crippen LogP contribution in [0.3, 0.4) is 0 Å². The van der Waals surface area contributed by atoms with Crippen molar-refractivity contribution >= 4 is 0 Å². The standard InChI is InChI=1S/C12H20N4/c1-10-14-8-5-12(16-10)9-15-11-3-2-6-13-7-4-11/h5,8,11,13,15H,2-4,6-7,9H2,1H3. The summed E-state index contributed by atoms with van der Waals surface area (Å²) in [6, 6.07) is 2.61. The summed E-state index contributed by atoms with van der Waals surface area (Å²) in [4.78, 5) is 8.49. The van der Waals surface area contributed by atoms with Crippen molar-refractivity contribution in [1.29, 1.82) is 0 Å². The van der Waals surface area contributed by atoms with Gasteiger partial charge in [-0.25, -0.2) is 9.97 Å². The normalized spacial score (nSPS) is 21.7. The summed E-state index contributed by atoms with van der Waals surface area (Å²) in [5.41, 5.74) is 1.09. The summed E-state index contributed by atoms with van der Waals surface area (Å²) >= 11 is 0. The maximum Gasteiger partial charge on any atom is 0.125 e. The number of rotatable bonds is 3. The molecule has 88 valence electrons. The minimum absolute atomic E-state index is 0.630. The zero-order valence-electron chi connectivity index (χ0n) is 9.87. The third-order valence-electron chi connectivity index (χ3n) is 2.98. The first-order valence-electron chi connectivity index (χ1n) is 6.07. The van der Waals surface area contributed by atoms with Gasteiger partial charge < -0.3 is 10.6 Å². The van der Waals surface area contributed by atoms with Crippen LogP contribution in [0.2, 0.25) is 0 Å². The van der Waals surface area contributed by atoms with Gasteiger partial charge in [-0.05, 0) is 45.3 Å². The number of nitrogens with one attached hydrogen (secondary N) is 2. The number of aromatic nitrogens is 2. The van der Waals surface area contributed by atoms with E-state index < -0.39 is 0 Å². The quantitative estimate of drug-likeness (QED) is 0.798. The van der Waals surface area contributed by atoms with Gasteiger partial charge in [-0.2, -0.15) is 0 Å². The van der Waals surface area contributed by atoms with Gasteiger partial charge in [0.2, 0.25) is 0 Å². The van der Waals surface area contributed by atoms with Crippen molar-refractivity contribution < 1.29 is 0 Å². The maximum absolute atomic E-state index is 4.39. The molecular weight excluding hydrogens is 200 g/mol. The van der Waals surface area contributed by atoms with Gasteiger partial charge in [-0.3, -0.25) is 0 Å². The third-order valence-corrected chi connectivity index (χ3v) is 2.98. The summed E-state index contributed by atoms with van der Waals surface area (Å²) in [5, 5.41) is 6.99. The van der Waals surface area contributed by atoms with Crippen LogP contribution in [0.1, 0.15) is 30.8 Å². The molecule has 1 atom stereocenters. The molecule has 1 aliphatic heterocycles. The Hall–Kier alpha value is -1.00. The zero-order chi connectivity index (χ0) is 11.2. The molecule has 1 aliphatic rings. The smallest absolute Gasteiger partial charge is 0.125 e. The van der Waals surface area contributed by atoms with Crippen LogP contribution in [-0.2, 0) is 6.54 Å². The van der Waals surface area contributed by atoms with E-state index in [4.69, 9.17) is 0 Å². The lowest BCUT2D eigenvalue weighted by molar-refractivity contribution is 0.465. The Morgan fingerprint density at radius 1 is 1.44 bits per heavy atom. The van der Waals surface area contributed by atoms with Crippen LogP contribution in [0, 0.1) is 6.92 Å². The Labute approximate surface area is 96.9 Å². The highest BCUT2D eigenvalue weighted by Crippen LogP contribution is 2.06. The first kappa shape index (κ1) is 11.5. The number of hydrogen-bond acceptors (Lipinski definition) is 4. The number of hydrogen-bond donors (Lipinski definition) is 2. The molecule has 1 aromatic rings. The molecule has 0 radical (unpaired) electrons. The lowest BCUT2D eigenvalue weighted by atomic mass is 10.1. The Morgan fingerprint density at radius 2 is 2.38 bits per heavy atom. The van der Waals surface area contributed by atoms with Gasteiger partial charge >= 0.3 is 0 Å². The van der Waals surface area contributed by atoms with E-state index in [9.17, 15) is 0 Å². The van der Waals surface area contributed by atoms with E-state index in [1.807, 2.05) is 19.2 Å². The van der Waals surface area contributed by atoms with Crippen LogP contribution in [0.15, 0.2) is 12.3 Å². The maximum atomic E-state index is 4.39. The lowest BCUT2D eigenvalue weighted by Gasteiger charge is -2.15. The van der Waals surface area contributed by atoms with E-state index in [1.165, 1.54) is 19.3 Å². The molecule has 4 heteroatoms. The predicted molar refractivity (Wildman–Crippen MR) is 64.1 cm³/mol. The molecule has 1 aromatic heterocycles. The molecule has 0 saturated carbocycles. The average molecular weight is 220 g/mol. The average Bonchev–Trinajstić information content (AvgIpc) is 2.55. The zero-order valence-corrected chi connectivity index (χ0v) is 9.87. The topological polar surface area (TPSA) is 49.8 Å². The summed E-state index contributed by atoms with van der Waals surface area (Å²) in [7, 11) is 0. The van der Waals surface area contributed by atoms with E-state index in [-0.39, 0.29) is 0 Å². The molecule has 0 amide bonds. The molecule has 2 N–H and O–H groups in total. The van der Waals surface area contributed by atoms with Crippen molar-refractivity contribution in [3.8, 4) is 0 Å². The Kier molecular flexibility index (Phi) is 4.25. The minimum atomic E-state index is 0.630. The van der Waals surface area contributed by atoms with E-state index >= 15 is 0 Å². The SMILES string of the molecule is Cc1nccc(CNC2CCCNCC2)n1. The van der Waals surface area contributed by atoms with Crippen LogP contribution in [-0.4, -0.2) is 29.1 Å². The molecule has 16 heavy (non-hydrogen) atoms. The van der Waals surface area contributed by atoms with Crippen LogP contribution in [0.5, 0.6) is 0 Å². The van der Waals surface area contributed by atoms with Crippen LogP contribution in [0.25, 0.3) is 0 Å². The Balaban J connectivity index is 1.81. The fourth-order valence-corrected chi connectivity index (χ4v) is 2.08. The van der Waals surface area contributed by atoms with Crippen LogP contribution in [0.4, 0.5) is 0 Å². The highest BCUT2D eigenvalue weighted by Gasteiger charge is 2.10. The largest absolute Gasteiger partial charge is 0.317 e. The molecule has 2 rings (SSSR count). The summed E-state index contributed by atoms with van der Waals surface area (Å²) in [5.74, 6) is 0.849. The summed E-state index contributed by atoms with van der Waals surface area (Å²) in [6.45, 7) is 5.07. The van der Waals surface area contributed by atoms with Gasteiger partial charge in [0.25, 0.3) is 0 Å². The molecule has 2 heterocycles. The first-order chi connectivity index (χ1) is 7.84. The van der Waals surface area contributed by atoms with Gasteiger partial charge in [0, 0.05) is 18.8 Å². The summed E-state index contributed by atoms with van der Waals surface area (Å²) < 4.78 is 0. The lowest BCUT2D eigenvalue weighted by Crippen LogP contribution is -2.29. The fraction of sp³-hybridized carbons (Fsp3) is 0.667. The molecule has 1 fully saturated rings. The second-order valence-corrected chi connectivity index (χ2v) is 4.35. The Morgan fingerprint density at radius 3 is 3.25 bits per heavy atom. The van der Waals surface area contributed by atoms with Crippen LogP contribution >= 0.6 is 0 Å². The molecule has 1 saturated heterocycles. The predicted octanol–water partition coefficient (Wildman–Crippen LogP) is 1.02. The van der Waals surface area contributed by atoms with Gasteiger partial charge in [-0.1, -0.05) is 0 Å². The number of aryl methyl sites for hydroxylation is 1. The van der Waals surface area contributed by atoms with Gasteiger partial charge in [0.15, 0.2) is 0 Å². The van der Waals surface area contributed by atoms with Crippen molar-refractivity contribution in [3.63, 3.8) is 0 Å². The van der Waals surface area contributed by atoms with E-state index in [2.05, 4.69) is 20.6 Å². The van der Waals surface area contributed by atoms with Crippen molar-refractivity contribution in [2.45, 2.75) is 38.8 Å². The van der Waals surface area contributed by atoms with Gasteiger partial charge in [0.1, 0.15) is 5.82 Å². The molecular formula is C12H20N4. The van der Waals surface area contributed by atoms with E-state index in [0.717, 1.165) is 31.2 Å². The Bertz CT molecular complexity index is 319. The summed E-state index contributed by atoms with van der Waals surface area (Å²) in [6.07, 6.45) is 5.57. The van der Waals surface area contributed by atoms with Crippen molar-refractivity contribution in [3.05, 3.63) is 23.8 Å². The first-order valence-corrected chi connectivity index (χ1v) is 6.07. The minimum Gasteiger partial charge on any atom is -0.317 e. The highest BCUT2D eigenvalue weighted by molar-refractivity contribution is 5.01. The monoisotopic (exact) mass is 220 g/mol. The third kappa shape index (κ3) is 3.54. The number of nitrogens with zero attached hydrogens (tertiary/aromatic N) is 2. The molecule has 0 spiro atoms.